The predicted molar refractivity (Wildman–Crippen MR) is 77.5 cm³/mol. The zero-order valence-corrected chi connectivity index (χ0v) is 11.4. The molecule has 0 unspecified atom stereocenters. The third kappa shape index (κ3) is 2.60. The minimum Gasteiger partial charge on any atom is -0.389 e. The van der Waals surface area contributed by atoms with Crippen molar-refractivity contribution in [1.29, 1.82) is 0 Å². The second-order valence-electron chi connectivity index (χ2n) is 5.38. The summed E-state index contributed by atoms with van der Waals surface area (Å²) in [4.78, 5) is 0.468. The maximum atomic E-state index is 5.76. The Hall–Kier alpha value is -1.09. The van der Waals surface area contributed by atoms with Gasteiger partial charge in [-0.2, -0.15) is 0 Å². The summed E-state index contributed by atoms with van der Waals surface area (Å²) in [5, 5.41) is 3.54. The molecule has 0 heterocycles. The third-order valence-corrected chi connectivity index (χ3v) is 4.01. The number of nitrogens with one attached hydrogen (secondary N) is 1. The first kappa shape index (κ1) is 12.4. The lowest BCUT2D eigenvalue weighted by atomic mass is 9.70. The second kappa shape index (κ2) is 4.65. The molecule has 17 heavy (non-hydrogen) atoms. The summed E-state index contributed by atoms with van der Waals surface area (Å²) in [5.74, 6) is 0. The highest BCUT2D eigenvalue weighted by molar-refractivity contribution is 7.80. The van der Waals surface area contributed by atoms with Crippen LogP contribution in [0.2, 0.25) is 0 Å². The molecule has 0 atom stereocenters. The van der Waals surface area contributed by atoms with Gasteiger partial charge < -0.3 is 11.1 Å². The van der Waals surface area contributed by atoms with E-state index in [1.807, 2.05) is 12.1 Å². The van der Waals surface area contributed by atoms with E-state index >= 15 is 0 Å². The first-order valence-corrected chi connectivity index (χ1v) is 6.56. The Bertz CT molecular complexity index is 436. The van der Waals surface area contributed by atoms with Crippen molar-refractivity contribution in [3.05, 3.63) is 29.3 Å². The Kier molecular flexibility index (Phi) is 3.38. The number of hydrogen-bond donors (Lipinski definition) is 2. The number of aryl methyl sites for hydroxylation is 1. The van der Waals surface area contributed by atoms with E-state index in [2.05, 4.69) is 25.2 Å². The molecule has 1 fully saturated rings. The molecule has 1 aliphatic rings. The molecule has 1 saturated carbocycles. The van der Waals surface area contributed by atoms with Gasteiger partial charge in [0.2, 0.25) is 0 Å². The van der Waals surface area contributed by atoms with Crippen molar-refractivity contribution >= 4 is 22.9 Å². The summed E-state index contributed by atoms with van der Waals surface area (Å²) in [6.45, 7) is 5.43. The van der Waals surface area contributed by atoms with E-state index in [4.69, 9.17) is 18.0 Å². The summed E-state index contributed by atoms with van der Waals surface area (Å²) in [5.41, 5.74) is 9.49. The lowest BCUT2D eigenvalue weighted by molar-refractivity contribution is 0.180. The Balaban J connectivity index is 2.16. The molecule has 2 nitrogen and oxygen atoms in total. The van der Waals surface area contributed by atoms with E-state index < -0.39 is 0 Å². The minimum absolute atomic E-state index is 0.454. The summed E-state index contributed by atoms with van der Waals surface area (Å²) in [6, 6.07) is 6.08. The van der Waals surface area contributed by atoms with Gasteiger partial charge in [-0.3, -0.25) is 0 Å². The molecule has 2 rings (SSSR count). The number of hydrogen-bond acceptors (Lipinski definition) is 2. The molecule has 3 heteroatoms. The molecule has 0 spiro atoms. The van der Waals surface area contributed by atoms with Crippen molar-refractivity contribution in [3.63, 3.8) is 0 Å². The molecular weight excluding hydrogens is 228 g/mol. The van der Waals surface area contributed by atoms with E-state index in [-0.39, 0.29) is 0 Å². The van der Waals surface area contributed by atoms with Crippen molar-refractivity contribution in [3.8, 4) is 0 Å². The third-order valence-electron chi connectivity index (χ3n) is 3.79. The zero-order valence-electron chi connectivity index (χ0n) is 10.5. The molecular formula is C14H20N2S. The van der Waals surface area contributed by atoms with Gasteiger partial charge in [0.1, 0.15) is 4.99 Å². The van der Waals surface area contributed by atoms with E-state index in [0.29, 0.717) is 10.4 Å². The summed E-state index contributed by atoms with van der Waals surface area (Å²) < 4.78 is 0. The summed E-state index contributed by atoms with van der Waals surface area (Å²) >= 11 is 5.10. The van der Waals surface area contributed by atoms with Crippen molar-refractivity contribution in [1.82, 2.24) is 0 Å². The molecule has 0 radical (unpaired) electrons. The van der Waals surface area contributed by atoms with Crippen LogP contribution in [0.5, 0.6) is 0 Å². The Morgan fingerprint density at radius 2 is 2.18 bits per heavy atom. The number of thiocarbonyl (C=S) groups is 1. The van der Waals surface area contributed by atoms with Crippen LogP contribution in [0.4, 0.5) is 5.69 Å². The van der Waals surface area contributed by atoms with E-state index in [9.17, 15) is 0 Å². The van der Waals surface area contributed by atoms with Crippen LogP contribution in [-0.4, -0.2) is 11.5 Å². The average Bonchev–Trinajstić information content (AvgIpc) is 2.24. The highest BCUT2D eigenvalue weighted by Crippen LogP contribution is 2.40. The van der Waals surface area contributed by atoms with Crippen LogP contribution in [0.3, 0.4) is 0 Å². The minimum atomic E-state index is 0.454. The van der Waals surface area contributed by atoms with Crippen molar-refractivity contribution in [2.45, 2.75) is 33.1 Å². The van der Waals surface area contributed by atoms with Gasteiger partial charge in [-0.25, -0.2) is 0 Å². The number of para-hydroxylation sites is 1. The monoisotopic (exact) mass is 248 g/mol. The quantitative estimate of drug-likeness (QED) is 0.803. The number of benzene rings is 1. The first-order chi connectivity index (χ1) is 8.02. The zero-order chi connectivity index (χ0) is 12.5. The van der Waals surface area contributed by atoms with Crippen molar-refractivity contribution in [2.24, 2.45) is 11.1 Å². The Labute approximate surface area is 109 Å². The largest absolute Gasteiger partial charge is 0.389 e. The van der Waals surface area contributed by atoms with Crippen molar-refractivity contribution < 1.29 is 0 Å². The van der Waals surface area contributed by atoms with E-state index in [0.717, 1.165) is 17.8 Å². The summed E-state index contributed by atoms with van der Waals surface area (Å²) in [7, 11) is 0. The second-order valence-corrected chi connectivity index (χ2v) is 5.82. The standard InChI is InChI=1S/C14H20N2S/c1-10-5-3-6-11(13(15)17)12(10)16-9-14(2)7-4-8-14/h3,5-6,16H,4,7-9H2,1-2H3,(H2,15,17). The number of nitrogens with two attached hydrogens (primary N) is 1. The van der Waals surface area contributed by atoms with Gasteiger partial charge in [-0.05, 0) is 36.8 Å². The van der Waals surface area contributed by atoms with Crippen LogP contribution >= 0.6 is 12.2 Å². The highest BCUT2D eigenvalue weighted by Gasteiger charge is 2.31. The predicted octanol–water partition coefficient (Wildman–Crippen LogP) is 3.23. The summed E-state index contributed by atoms with van der Waals surface area (Å²) in [6.07, 6.45) is 3.98. The van der Waals surface area contributed by atoms with Gasteiger partial charge in [-0.1, -0.05) is 37.7 Å². The molecule has 1 aliphatic carbocycles. The maximum Gasteiger partial charge on any atom is 0.106 e. The molecule has 1 aromatic rings. The van der Waals surface area contributed by atoms with Gasteiger partial charge >= 0.3 is 0 Å². The maximum absolute atomic E-state index is 5.76. The van der Waals surface area contributed by atoms with Gasteiger partial charge in [0.15, 0.2) is 0 Å². The molecule has 0 bridgehead atoms. The smallest absolute Gasteiger partial charge is 0.106 e. The molecule has 0 aliphatic heterocycles. The van der Waals surface area contributed by atoms with Crippen LogP contribution < -0.4 is 11.1 Å². The fourth-order valence-corrected chi connectivity index (χ4v) is 2.54. The first-order valence-electron chi connectivity index (χ1n) is 6.15. The SMILES string of the molecule is Cc1cccc(C(N)=S)c1NCC1(C)CCC1. The van der Waals surface area contributed by atoms with Crippen LogP contribution in [0.15, 0.2) is 18.2 Å². The lowest BCUT2D eigenvalue weighted by Gasteiger charge is -2.39. The topological polar surface area (TPSA) is 38.0 Å². The van der Waals surface area contributed by atoms with E-state index in [1.165, 1.54) is 24.8 Å². The number of rotatable bonds is 4. The van der Waals surface area contributed by atoms with Crippen LogP contribution in [0, 0.1) is 12.3 Å². The Morgan fingerprint density at radius 1 is 1.47 bits per heavy atom. The normalized spacial score (nSPS) is 17.3. The molecule has 3 N–H and O–H groups in total. The van der Waals surface area contributed by atoms with Gasteiger partial charge in [0.05, 0.1) is 0 Å². The van der Waals surface area contributed by atoms with Gasteiger partial charge in [0, 0.05) is 17.8 Å². The highest BCUT2D eigenvalue weighted by atomic mass is 32.1. The van der Waals surface area contributed by atoms with E-state index in [1.54, 1.807) is 0 Å². The van der Waals surface area contributed by atoms with Gasteiger partial charge in [0.25, 0.3) is 0 Å². The molecule has 0 aromatic heterocycles. The average molecular weight is 248 g/mol. The fourth-order valence-electron chi connectivity index (χ4n) is 2.37. The lowest BCUT2D eigenvalue weighted by Crippen LogP contribution is -2.33. The molecule has 1 aromatic carbocycles. The number of anilines is 1. The van der Waals surface area contributed by atoms with Gasteiger partial charge in [-0.15, -0.1) is 0 Å². The molecule has 92 valence electrons. The van der Waals surface area contributed by atoms with Crippen LogP contribution in [-0.2, 0) is 0 Å². The Morgan fingerprint density at radius 3 is 2.71 bits per heavy atom. The van der Waals surface area contributed by atoms with Crippen molar-refractivity contribution in [2.75, 3.05) is 11.9 Å². The molecule has 0 saturated heterocycles. The van der Waals surface area contributed by atoms with Crippen LogP contribution in [0.25, 0.3) is 0 Å². The fraction of sp³-hybridized carbons (Fsp3) is 0.500. The molecule has 0 amide bonds. The van der Waals surface area contributed by atoms with Crippen LogP contribution in [0.1, 0.15) is 37.3 Å².